The number of methoxy groups -OCH3 is 1. The number of ether oxygens (including phenoxy) is 1. The standard InChI is InChI=1S/C16H15BO7S/c1-23-16(19)13-7-12(4-5-15(13)18)25(21,22)9-10-2-3-11-8-24-17(20)14(11)6-10/h2-7,18,20H,8-9H2,1H3. The quantitative estimate of drug-likeness (QED) is 0.597. The lowest BCUT2D eigenvalue weighted by Crippen LogP contribution is -2.28. The van der Waals surface area contributed by atoms with E-state index < -0.39 is 22.9 Å². The maximum atomic E-state index is 12.6. The molecule has 1 heterocycles. The molecule has 0 saturated carbocycles. The van der Waals surface area contributed by atoms with E-state index in [1.165, 1.54) is 6.07 Å². The van der Waals surface area contributed by atoms with Crippen molar-refractivity contribution in [3.05, 3.63) is 53.1 Å². The lowest BCUT2D eigenvalue weighted by molar-refractivity contribution is 0.0597. The summed E-state index contributed by atoms with van der Waals surface area (Å²) < 4.78 is 34.9. The Hall–Kier alpha value is -2.36. The molecule has 0 aliphatic carbocycles. The van der Waals surface area contributed by atoms with Gasteiger partial charge in [-0.05, 0) is 34.8 Å². The van der Waals surface area contributed by atoms with Crippen LogP contribution in [0.3, 0.4) is 0 Å². The summed E-state index contributed by atoms with van der Waals surface area (Å²) in [4.78, 5) is 11.5. The van der Waals surface area contributed by atoms with E-state index in [-0.39, 0.29) is 28.6 Å². The van der Waals surface area contributed by atoms with Gasteiger partial charge in [0.05, 0.1) is 24.4 Å². The van der Waals surface area contributed by atoms with Crippen molar-refractivity contribution in [3.8, 4) is 5.75 Å². The van der Waals surface area contributed by atoms with E-state index >= 15 is 0 Å². The first-order valence-electron chi connectivity index (χ1n) is 7.37. The number of phenolic OH excluding ortho intramolecular Hbond substituents is 1. The maximum Gasteiger partial charge on any atom is 0.491 e. The minimum atomic E-state index is -3.77. The number of hydrogen-bond donors (Lipinski definition) is 2. The molecule has 2 N–H and O–H groups in total. The van der Waals surface area contributed by atoms with E-state index in [0.717, 1.165) is 24.8 Å². The molecule has 0 radical (unpaired) electrons. The first-order valence-corrected chi connectivity index (χ1v) is 9.02. The monoisotopic (exact) mass is 362 g/mol. The molecule has 1 aliphatic heterocycles. The number of benzene rings is 2. The van der Waals surface area contributed by atoms with Gasteiger partial charge in [0.25, 0.3) is 0 Å². The van der Waals surface area contributed by atoms with Gasteiger partial charge < -0.3 is 19.5 Å². The van der Waals surface area contributed by atoms with Gasteiger partial charge in [-0.2, -0.15) is 0 Å². The predicted octanol–water partition coefficient (Wildman–Crippen LogP) is 0.370. The maximum absolute atomic E-state index is 12.6. The van der Waals surface area contributed by atoms with Gasteiger partial charge in [-0.25, -0.2) is 13.2 Å². The molecule has 130 valence electrons. The highest BCUT2D eigenvalue weighted by atomic mass is 32.2. The Bertz CT molecular complexity index is 939. The van der Waals surface area contributed by atoms with Crippen LogP contribution in [0, 0.1) is 0 Å². The molecule has 1 aliphatic rings. The third kappa shape index (κ3) is 3.39. The largest absolute Gasteiger partial charge is 0.507 e. The molecule has 0 bridgehead atoms. The van der Waals surface area contributed by atoms with Crippen molar-refractivity contribution in [2.75, 3.05) is 7.11 Å². The summed E-state index contributed by atoms with van der Waals surface area (Å²) in [5.74, 6) is -1.51. The smallest absolute Gasteiger partial charge is 0.491 e. The van der Waals surface area contributed by atoms with Crippen LogP contribution in [0.5, 0.6) is 5.75 Å². The zero-order chi connectivity index (χ0) is 18.2. The Kier molecular flexibility index (Phi) is 4.55. The van der Waals surface area contributed by atoms with Crippen LogP contribution >= 0.6 is 0 Å². The minimum absolute atomic E-state index is 0.108. The van der Waals surface area contributed by atoms with Crippen molar-refractivity contribution in [2.45, 2.75) is 17.3 Å². The van der Waals surface area contributed by atoms with Gasteiger partial charge in [-0.15, -0.1) is 0 Å². The molecule has 0 unspecified atom stereocenters. The number of fused-ring (bicyclic) bond motifs is 1. The molecule has 2 aromatic rings. The summed E-state index contributed by atoms with van der Waals surface area (Å²) in [6, 6.07) is 8.41. The number of rotatable bonds is 4. The van der Waals surface area contributed by atoms with E-state index in [0.29, 0.717) is 11.0 Å². The van der Waals surface area contributed by atoms with Crippen molar-refractivity contribution in [3.63, 3.8) is 0 Å². The molecular formula is C16H15BO7S. The van der Waals surface area contributed by atoms with Crippen LogP contribution in [-0.2, 0) is 31.6 Å². The second kappa shape index (κ2) is 6.51. The first kappa shape index (κ1) is 17.5. The molecule has 2 aromatic carbocycles. The van der Waals surface area contributed by atoms with Gasteiger partial charge in [0, 0.05) is 0 Å². The highest BCUT2D eigenvalue weighted by molar-refractivity contribution is 7.90. The minimum Gasteiger partial charge on any atom is -0.507 e. The molecule has 3 rings (SSSR count). The molecule has 7 nitrogen and oxygen atoms in total. The van der Waals surface area contributed by atoms with E-state index in [2.05, 4.69) is 4.74 Å². The van der Waals surface area contributed by atoms with E-state index in [9.17, 15) is 23.3 Å². The molecule has 0 aromatic heterocycles. The van der Waals surface area contributed by atoms with E-state index in [4.69, 9.17) is 4.65 Å². The summed E-state index contributed by atoms with van der Waals surface area (Å²) in [5, 5.41) is 19.4. The van der Waals surface area contributed by atoms with Crippen LogP contribution in [0.2, 0.25) is 0 Å². The number of esters is 1. The van der Waals surface area contributed by atoms with E-state index in [1.807, 2.05) is 0 Å². The summed E-state index contributed by atoms with van der Waals surface area (Å²) >= 11 is 0. The second-order valence-corrected chi connectivity index (χ2v) is 7.62. The fraction of sp³-hybridized carbons (Fsp3) is 0.188. The van der Waals surface area contributed by atoms with Gasteiger partial charge in [0.2, 0.25) is 0 Å². The Morgan fingerprint density at radius 1 is 1.28 bits per heavy atom. The number of sulfone groups is 1. The van der Waals surface area contributed by atoms with Crippen LogP contribution in [0.25, 0.3) is 0 Å². The molecule has 25 heavy (non-hydrogen) atoms. The fourth-order valence-corrected chi connectivity index (χ4v) is 4.00. The number of carbonyl (C=O) groups excluding carboxylic acids is 1. The van der Waals surface area contributed by atoms with Crippen LogP contribution in [-0.4, -0.2) is 38.7 Å². The van der Waals surface area contributed by atoms with Crippen molar-refractivity contribution in [2.24, 2.45) is 0 Å². The van der Waals surface area contributed by atoms with Crippen LogP contribution in [0.1, 0.15) is 21.5 Å². The highest BCUT2D eigenvalue weighted by Crippen LogP contribution is 2.25. The zero-order valence-corrected chi connectivity index (χ0v) is 14.1. The predicted molar refractivity (Wildman–Crippen MR) is 89.2 cm³/mol. The lowest BCUT2D eigenvalue weighted by atomic mass is 9.79. The second-order valence-electron chi connectivity index (χ2n) is 5.63. The Morgan fingerprint density at radius 3 is 2.76 bits per heavy atom. The van der Waals surface area contributed by atoms with Gasteiger partial charge in [0.15, 0.2) is 9.84 Å². The lowest BCUT2D eigenvalue weighted by Gasteiger charge is -2.09. The molecular weight excluding hydrogens is 347 g/mol. The number of aromatic hydroxyl groups is 1. The summed E-state index contributed by atoms with van der Waals surface area (Å²) in [6.45, 7) is 0.282. The number of phenols is 1. The number of hydrogen-bond acceptors (Lipinski definition) is 7. The van der Waals surface area contributed by atoms with E-state index in [1.54, 1.807) is 18.2 Å². The fourth-order valence-electron chi connectivity index (χ4n) is 2.64. The Balaban J connectivity index is 1.93. The van der Waals surface area contributed by atoms with Crippen LogP contribution in [0.4, 0.5) is 0 Å². The van der Waals surface area contributed by atoms with Crippen molar-refractivity contribution < 1.29 is 32.7 Å². The van der Waals surface area contributed by atoms with Crippen molar-refractivity contribution in [1.29, 1.82) is 0 Å². The molecule has 0 atom stereocenters. The average Bonchev–Trinajstić information content (AvgIpc) is 2.95. The number of carbonyl (C=O) groups is 1. The van der Waals surface area contributed by atoms with Crippen LogP contribution in [0.15, 0.2) is 41.3 Å². The third-order valence-corrected chi connectivity index (χ3v) is 5.65. The van der Waals surface area contributed by atoms with Gasteiger partial charge in [0.1, 0.15) is 11.3 Å². The van der Waals surface area contributed by atoms with Crippen LogP contribution < -0.4 is 5.46 Å². The topological polar surface area (TPSA) is 110 Å². The highest BCUT2D eigenvalue weighted by Gasteiger charge is 2.28. The average molecular weight is 362 g/mol. The molecule has 0 spiro atoms. The van der Waals surface area contributed by atoms with Crippen molar-refractivity contribution >= 4 is 28.4 Å². The normalized spacial score (nSPS) is 13.6. The van der Waals surface area contributed by atoms with Gasteiger partial charge >= 0.3 is 13.1 Å². The summed E-state index contributed by atoms with van der Waals surface area (Å²) in [6.07, 6.45) is 0. The summed E-state index contributed by atoms with van der Waals surface area (Å²) in [5.41, 5.74) is 1.62. The third-order valence-electron chi connectivity index (χ3n) is 3.96. The Morgan fingerprint density at radius 2 is 2.04 bits per heavy atom. The Labute approximate surface area is 144 Å². The first-order chi connectivity index (χ1) is 11.8. The van der Waals surface area contributed by atoms with Crippen molar-refractivity contribution in [1.82, 2.24) is 0 Å². The van der Waals surface area contributed by atoms with Gasteiger partial charge in [-0.3, -0.25) is 0 Å². The molecule has 0 amide bonds. The SMILES string of the molecule is COC(=O)c1cc(S(=O)(=O)Cc2ccc3c(c2)B(O)OC3)ccc1O. The van der Waals surface area contributed by atoms with Gasteiger partial charge in [-0.1, -0.05) is 18.2 Å². The molecule has 0 saturated heterocycles. The zero-order valence-electron chi connectivity index (χ0n) is 13.3. The molecule has 9 heteroatoms. The summed E-state index contributed by atoms with van der Waals surface area (Å²) in [7, 11) is -3.69. The molecule has 0 fully saturated rings.